The predicted octanol–water partition coefficient (Wildman–Crippen LogP) is 0.516. The fraction of sp³-hybridized carbons (Fsp3) is 0.222. The van der Waals surface area contributed by atoms with Crippen molar-refractivity contribution in [2.45, 2.75) is 6.54 Å². The number of aliphatic imine (C=N–C) groups is 1. The summed E-state index contributed by atoms with van der Waals surface area (Å²) in [5.74, 6) is 0.209. The Morgan fingerprint density at radius 2 is 2.44 bits per heavy atom. The Labute approximate surface area is 91.3 Å². The van der Waals surface area contributed by atoms with Gasteiger partial charge < -0.3 is 4.90 Å². The van der Waals surface area contributed by atoms with Crippen LogP contribution >= 0.6 is 0 Å². The van der Waals surface area contributed by atoms with Gasteiger partial charge in [0.1, 0.15) is 0 Å². The molecule has 2 rings (SSSR count). The van der Waals surface area contributed by atoms with E-state index in [4.69, 9.17) is 0 Å². The summed E-state index contributed by atoms with van der Waals surface area (Å²) in [5, 5.41) is 12.5. The lowest BCUT2D eigenvalue weighted by Crippen LogP contribution is -2.21. The standard InChI is InChI=1S/C9H9N5O2/c15-14(16)12-9-6-13(7-11-9)5-8-3-1-2-4-10-8/h1-4,7H,5-6H2/b12-9+. The molecule has 0 aromatic carbocycles. The highest BCUT2D eigenvalue weighted by Crippen LogP contribution is 2.04. The molecular formula is C9H9N5O2. The quantitative estimate of drug-likeness (QED) is 0.547. The molecule has 0 bridgehead atoms. The molecule has 0 aliphatic carbocycles. The van der Waals surface area contributed by atoms with E-state index >= 15 is 0 Å². The first kappa shape index (κ1) is 10.2. The van der Waals surface area contributed by atoms with Gasteiger partial charge in [-0.1, -0.05) is 6.07 Å². The van der Waals surface area contributed by atoms with Gasteiger partial charge in [-0.25, -0.2) is 15.1 Å². The fourth-order valence-corrected chi connectivity index (χ4v) is 1.36. The number of nitro groups is 1. The van der Waals surface area contributed by atoms with Crippen molar-refractivity contribution in [2.24, 2.45) is 10.1 Å². The van der Waals surface area contributed by atoms with Crippen LogP contribution in [0.3, 0.4) is 0 Å². The first-order chi connectivity index (χ1) is 7.74. The molecule has 1 aliphatic rings. The second-order valence-corrected chi connectivity index (χ2v) is 3.22. The predicted molar refractivity (Wildman–Crippen MR) is 57.6 cm³/mol. The van der Waals surface area contributed by atoms with Gasteiger partial charge >= 0.3 is 0 Å². The van der Waals surface area contributed by atoms with Gasteiger partial charge in [0.2, 0.25) is 5.84 Å². The average Bonchev–Trinajstić information content (AvgIpc) is 2.66. The van der Waals surface area contributed by atoms with Crippen molar-refractivity contribution < 1.29 is 5.03 Å². The van der Waals surface area contributed by atoms with Crippen LogP contribution in [0.2, 0.25) is 0 Å². The zero-order valence-electron chi connectivity index (χ0n) is 8.35. The lowest BCUT2D eigenvalue weighted by molar-refractivity contribution is -0.485. The van der Waals surface area contributed by atoms with Crippen molar-refractivity contribution >= 4 is 12.2 Å². The van der Waals surface area contributed by atoms with Gasteiger partial charge in [-0.05, 0) is 12.1 Å². The van der Waals surface area contributed by atoms with Gasteiger partial charge in [-0.3, -0.25) is 4.98 Å². The maximum atomic E-state index is 10.1. The van der Waals surface area contributed by atoms with E-state index in [1.807, 2.05) is 23.1 Å². The molecule has 0 unspecified atom stereocenters. The normalized spacial score (nSPS) is 17.0. The molecule has 7 nitrogen and oxygen atoms in total. The average molecular weight is 219 g/mol. The molecule has 7 heteroatoms. The van der Waals surface area contributed by atoms with E-state index in [1.165, 1.54) is 6.34 Å². The van der Waals surface area contributed by atoms with Gasteiger partial charge in [0, 0.05) is 6.20 Å². The molecule has 0 fully saturated rings. The number of amidine groups is 1. The highest BCUT2D eigenvalue weighted by molar-refractivity contribution is 5.95. The number of rotatable bonds is 3. The highest BCUT2D eigenvalue weighted by Gasteiger charge is 2.15. The Balaban J connectivity index is 1.96. The Bertz CT molecular complexity index is 442. The number of aromatic nitrogens is 1. The van der Waals surface area contributed by atoms with Crippen molar-refractivity contribution in [1.82, 2.24) is 9.88 Å². The molecule has 16 heavy (non-hydrogen) atoms. The number of hydrazone groups is 1. The summed E-state index contributed by atoms with van der Waals surface area (Å²) in [7, 11) is 0. The van der Waals surface area contributed by atoms with Gasteiger partial charge in [0.15, 0.2) is 5.03 Å². The second kappa shape index (κ2) is 4.47. The monoisotopic (exact) mass is 219 g/mol. The molecule has 0 saturated heterocycles. The minimum atomic E-state index is -0.739. The molecule has 1 aromatic rings. The smallest absolute Gasteiger partial charge is 0.223 e. The van der Waals surface area contributed by atoms with Gasteiger partial charge in [0.05, 0.1) is 30.2 Å². The lowest BCUT2D eigenvalue weighted by Gasteiger charge is -2.11. The van der Waals surface area contributed by atoms with Gasteiger partial charge in [-0.15, -0.1) is 0 Å². The first-order valence-electron chi connectivity index (χ1n) is 4.64. The third kappa shape index (κ3) is 2.59. The first-order valence-corrected chi connectivity index (χ1v) is 4.64. The Hall–Kier alpha value is -2.31. The lowest BCUT2D eigenvalue weighted by atomic mass is 10.3. The van der Waals surface area contributed by atoms with E-state index in [0.29, 0.717) is 13.1 Å². The fourth-order valence-electron chi connectivity index (χ4n) is 1.36. The number of hydrogen-bond acceptors (Lipinski definition) is 4. The van der Waals surface area contributed by atoms with E-state index in [1.54, 1.807) is 6.20 Å². The molecule has 0 N–H and O–H groups in total. The molecule has 2 heterocycles. The minimum absolute atomic E-state index is 0.209. The molecule has 0 radical (unpaired) electrons. The van der Waals surface area contributed by atoms with E-state index in [2.05, 4.69) is 15.1 Å². The zero-order chi connectivity index (χ0) is 11.4. The van der Waals surface area contributed by atoms with Gasteiger partial charge in [0.25, 0.3) is 0 Å². The summed E-state index contributed by atoms with van der Waals surface area (Å²) in [6, 6.07) is 5.61. The molecular weight excluding hydrogens is 210 g/mol. The molecule has 0 atom stereocenters. The minimum Gasteiger partial charge on any atom is -0.349 e. The third-order valence-corrected chi connectivity index (χ3v) is 2.00. The Morgan fingerprint density at radius 3 is 3.12 bits per heavy atom. The van der Waals surface area contributed by atoms with Crippen LogP contribution < -0.4 is 0 Å². The van der Waals surface area contributed by atoms with Crippen molar-refractivity contribution in [3.8, 4) is 0 Å². The van der Waals surface area contributed by atoms with Crippen LogP contribution in [0.1, 0.15) is 5.69 Å². The van der Waals surface area contributed by atoms with Crippen molar-refractivity contribution in [3.05, 3.63) is 40.2 Å². The summed E-state index contributed by atoms with van der Waals surface area (Å²) >= 11 is 0. The maximum Gasteiger partial charge on any atom is 0.223 e. The second-order valence-electron chi connectivity index (χ2n) is 3.22. The topological polar surface area (TPSA) is 84.0 Å². The van der Waals surface area contributed by atoms with Crippen LogP contribution in [-0.4, -0.2) is 33.6 Å². The van der Waals surface area contributed by atoms with Crippen molar-refractivity contribution in [1.29, 1.82) is 0 Å². The third-order valence-electron chi connectivity index (χ3n) is 2.00. The van der Waals surface area contributed by atoms with Crippen LogP contribution in [0.4, 0.5) is 0 Å². The van der Waals surface area contributed by atoms with Crippen molar-refractivity contribution in [3.63, 3.8) is 0 Å². The van der Waals surface area contributed by atoms with Crippen molar-refractivity contribution in [2.75, 3.05) is 6.54 Å². The Morgan fingerprint density at radius 1 is 1.56 bits per heavy atom. The van der Waals surface area contributed by atoms with E-state index < -0.39 is 5.03 Å². The largest absolute Gasteiger partial charge is 0.349 e. The zero-order valence-corrected chi connectivity index (χ0v) is 8.35. The molecule has 0 saturated carbocycles. The molecule has 1 aromatic heterocycles. The molecule has 82 valence electrons. The van der Waals surface area contributed by atoms with Crippen LogP contribution in [0.5, 0.6) is 0 Å². The molecule has 0 amide bonds. The van der Waals surface area contributed by atoms with Crippen LogP contribution in [0, 0.1) is 10.1 Å². The summed E-state index contributed by atoms with van der Waals surface area (Å²) < 4.78 is 0. The van der Waals surface area contributed by atoms with Crippen LogP contribution in [0.15, 0.2) is 34.5 Å². The van der Waals surface area contributed by atoms with E-state index in [0.717, 1.165) is 5.69 Å². The summed E-state index contributed by atoms with van der Waals surface area (Å²) in [6.07, 6.45) is 3.24. The summed E-state index contributed by atoms with van der Waals surface area (Å²) in [5.41, 5.74) is 0.885. The molecule has 1 aliphatic heterocycles. The Kier molecular flexibility index (Phi) is 2.86. The van der Waals surface area contributed by atoms with Crippen LogP contribution in [0.25, 0.3) is 0 Å². The van der Waals surface area contributed by atoms with E-state index in [9.17, 15) is 10.1 Å². The number of pyridine rings is 1. The van der Waals surface area contributed by atoms with E-state index in [-0.39, 0.29) is 5.84 Å². The summed E-state index contributed by atoms with van der Waals surface area (Å²) in [6.45, 7) is 0.915. The van der Waals surface area contributed by atoms with Crippen LogP contribution in [-0.2, 0) is 6.54 Å². The number of hydrogen-bond donors (Lipinski definition) is 0. The SMILES string of the molecule is O=[N+]([O-])/N=C1\CN(Cc2ccccn2)C=N1. The maximum absolute atomic E-state index is 10.1. The highest BCUT2D eigenvalue weighted by atomic mass is 16.7. The molecule has 0 spiro atoms. The van der Waals surface area contributed by atoms with Gasteiger partial charge in [-0.2, -0.15) is 0 Å². The number of nitrogens with zero attached hydrogens (tertiary/aromatic N) is 5. The summed E-state index contributed by atoms with van der Waals surface area (Å²) in [4.78, 5) is 19.9.